The zero-order chi connectivity index (χ0) is 23.7. The number of benzene rings is 1. The number of likely N-dealkylation sites (N-methyl/N-ethyl adjacent to an activating group) is 1. The van der Waals surface area contributed by atoms with E-state index in [1.165, 1.54) is 12.1 Å². The van der Waals surface area contributed by atoms with E-state index in [-0.39, 0.29) is 23.0 Å². The SMILES string of the molecule is C=c1[nH]c(=O)cc/c1=C/C(=C\C)NCC(=O)N(C)CCN(CCC)c1ccc(Cl)c(F)c1. The minimum absolute atomic E-state index is 0.0761. The average molecular weight is 461 g/mol. The number of carbonyl (C=O) groups is 1. The molecule has 8 heteroatoms. The monoisotopic (exact) mass is 460 g/mol. The van der Waals surface area contributed by atoms with Crippen LogP contribution in [0.4, 0.5) is 10.1 Å². The molecule has 0 aliphatic rings. The molecule has 1 amide bonds. The van der Waals surface area contributed by atoms with Crippen LogP contribution in [0.5, 0.6) is 0 Å². The zero-order valence-corrected chi connectivity index (χ0v) is 19.5. The number of aromatic amines is 1. The Morgan fingerprint density at radius 2 is 2.00 bits per heavy atom. The lowest BCUT2D eigenvalue weighted by Gasteiger charge is -2.27. The summed E-state index contributed by atoms with van der Waals surface area (Å²) in [5.41, 5.74) is 1.27. The summed E-state index contributed by atoms with van der Waals surface area (Å²) in [6.07, 6.45) is 4.56. The van der Waals surface area contributed by atoms with Gasteiger partial charge in [0.05, 0.1) is 11.6 Å². The quantitative estimate of drug-likeness (QED) is 0.570. The highest BCUT2D eigenvalue weighted by atomic mass is 35.5. The molecule has 2 N–H and O–H groups in total. The summed E-state index contributed by atoms with van der Waals surface area (Å²) in [6, 6.07) is 7.86. The van der Waals surface area contributed by atoms with Crippen molar-refractivity contribution in [3.05, 3.63) is 73.9 Å². The number of pyridine rings is 1. The highest BCUT2D eigenvalue weighted by molar-refractivity contribution is 6.30. The number of nitrogens with zero attached hydrogens (tertiary/aromatic N) is 2. The van der Waals surface area contributed by atoms with Crippen molar-refractivity contribution < 1.29 is 9.18 Å². The van der Waals surface area contributed by atoms with E-state index in [0.29, 0.717) is 18.4 Å². The minimum atomic E-state index is -0.457. The van der Waals surface area contributed by atoms with E-state index in [0.717, 1.165) is 29.6 Å². The van der Waals surface area contributed by atoms with Gasteiger partial charge in [0, 0.05) is 49.5 Å². The summed E-state index contributed by atoms with van der Waals surface area (Å²) < 4.78 is 13.9. The Morgan fingerprint density at radius 3 is 2.62 bits per heavy atom. The average Bonchev–Trinajstić information content (AvgIpc) is 2.77. The molecule has 0 saturated carbocycles. The predicted octanol–water partition coefficient (Wildman–Crippen LogP) is 2.23. The van der Waals surface area contributed by atoms with Crippen LogP contribution in [0.25, 0.3) is 12.7 Å². The van der Waals surface area contributed by atoms with Crippen LogP contribution >= 0.6 is 11.6 Å². The van der Waals surface area contributed by atoms with Crippen molar-refractivity contribution in [3.63, 3.8) is 0 Å². The van der Waals surface area contributed by atoms with Gasteiger partial charge >= 0.3 is 0 Å². The first-order valence-corrected chi connectivity index (χ1v) is 10.9. The van der Waals surface area contributed by atoms with Crippen LogP contribution in [-0.4, -0.2) is 49.0 Å². The molecule has 0 saturated heterocycles. The number of allylic oxidation sites excluding steroid dienone is 2. The van der Waals surface area contributed by atoms with Crippen molar-refractivity contribution in [1.29, 1.82) is 0 Å². The van der Waals surface area contributed by atoms with Crippen molar-refractivity contribution in [2.45, 2.75) is 20.3 Å². The third kappa shape index (κ3) is 7.27. The Balaban J connectivity index is 1.96. The molecule has 0 atom stereocenters. The number of rotatable bonds is 10. The number of carbonyl (C=O) groups excluding carboxylic acids is 1. The molecule has 2 aromatic rings. The molecule has 0 bridgehead atoms. The second-order valence-electron chi connectivity index (χ2n) is 7.40. The summed E-state index contributed by atoms with van der Waals surface area (Å²) in [7, 11) is 1.74. The Morgan fingerprint density at radius 1 is 1.25 bits per heavy atom. The minimum Gasteiger partial charge on any atom is -0.376 e. The van der Waals surface area contributed by atoms with E-state index in [9.17, 15) is 14.0 Å². The van der Waals surface area contributed by atoms with Crippen molar-refractivity contribution in [1.82, 2.24) is 15.2 Å². The number of nitrogens with one attached hydrogen (secondary N) is 2. The van der Waals surface area contributed by atoms with Crippen molar-refractivity contribution in [3.8, 4) is 0 Å². The summed E-state index contributed by atoms with van der Waals surface area (Å²) in [6.45, 7) is 9.65. The number of anilines is 1. The number of aromatic nitrogens is 1. The van der Waals surface area contributed by atoms with E-state index >= 15 is 0 Å². The molecule has 1 heterocycles. The molecule has 172 valence electrons. The Hall–Kier alpha value is -3.06. The summed E-state index contributed by atoms with van der Waals surface area (Å²) >= 11 is 5.79. The maximum absolute atomic E-state index is 13.9. The fourth-order valence-corrected chi connectivity index (χ4v) is 3.22. The lowest BCUT2D eigenvalue weighted by atomic mass is 10.2. The van der Waals surface area contributed by atoms with Crippen molar-refractivity contribution in [2.24, 2.45) is 0 Å². The number of amides is 1. The van der Waals surface area contributed by atoms with Crippen molar-refractivity contribution in [2.75, 3.05) is 38.1 Å². The third-order valence-corrected chi connectivity index (χ3v) is 5.30. The highest BCUT2D eigenvalue weighted by Crippen LogP contribution is 2.22. The van der Waals surface area contributed by atoms with E-state index in [1.807, 2.05) is 30.9 Å². The van der Waals surface area contributed by atoms with Gasteiger partial charge in [0.1, 0.15) is 5.82 Å². The Kier molecular flexibility index (Phi) is 9.53. The summed E-state index contributed by atoms with van der Waals surface area (Å²) in [4.78, 5) is 30.3. The molecule has 0 unspecified atom stereocenters. The molecule has 32 heavy (non-hydrogen) atoms. The zero-order valence-electron chi connectivity index (χ0n) is 18.8. The number of hydrogen-bond donors (Lipinski definition) is 2. The predicted molar refractivity (Wildman–Crippen MR) is 130 cm³/mol. The molecule has 0 radical (unpaired) electrons. The van der Waals surface area contributed by atoms with E-state index in [1.54, 1.807) is 30.1 Å². The summed E-state index contributed by atoms with van der Waals surface area (Å²) in [5.74, 6) is -0.533. The lowest BCUT2D eigenvalue weighted by molar-refractivity contribution is -0.128. The molecule has 0 aliphatic carbocycles. The molecule has 2 rings (SSSR count). The second-order valence-corrected chi connectivity index (χ2v) is 7.81. The number of H-pyrrole nitrogens is 1. The molecular formula is C24H30ClFN4O2. The first-order chi connectivity index (χ1) is 15.2. The van der Waals surface area contributed by atoms with Crippen molar-refractivity contribution >= 4 is 35.9 Å². The van der Waals surface area contributed by atoms with Crippen LogP contribution in [0, 0.1) is 5.82 Å². The topological polar surface area (TPSA) is 68.4 Å². The van der Waals surface area contributed by atoms with Crippen LogP contribution in [0.1, 0.15) is 20.3 Å². The molecule has 6 nitrogen and oxygen atoms in total. The molecular weight excluding hydrogens is 431 g/mol. The smallest absolute Gasteiger partial charge is 0.248 e. The number of hydrogen-bond acceptors (Lipinski definition) is 4. The maximum Gasteiger partial charge on any atom is 0.248 e. The van der Waals surface area contributed by atoms with Gasteiger partial charge in [-0.05, 0) is 48.9 Å². The maximum atomic E-state index is 13.9. The van der Waals surface area contributed by atoms with E-state index in [4.69, 9.17) is 11.6 Å². The van der Waals surface area contributed by atoms with Crippen LogP contribution in [0.15, 0.2) is 46.9 Å². The molecule has 0 fully saturated rings. The first kappa shape index (κ1) is 25.2. The van der Waals surface area contributed by atoms with Gasteiger partial charge in [-0.1, -0.05) is 31.2 Å². The fraction of sp³-hybridized carbons (Fsp3) is 0.333. The van der Waals surface area contributed by atoms with Gasteiger partial charge in [-0.3, -0.25) is 9.59 Å². The Labute approximate surface area is 192 Å². The highest BCUT2D eigenvalue weighted by Gasteiger charge is 2.13. The van der Waals surface area contributed by atoms with Crippen LogP contribution < -0.4 is 26.3 Å². The van der Waals surface area contributed by atoms with Gasteiger partial charge in [-0.25, -0.2) is 4.39 Å². The van der Waals surface area contributed by atoms with Gasteiger partial charge in [0.15, 0.2) is 0 Å². The van der Waals surface area contributed by atoms with Gasteiger partial charge in [-0.15, -0.1) is 0 Å². The second kappa shape index (κ2) is 12.1. The summed E-state index contributed by atoms with van der Waals surface area (Å²) in [5, 5.41) is 4.48. The molecule has 0 spiro atoms. The standard InChI is InChI=1S/C24H30ClFN4O2/c1-5-11-30(20-8-9-21(25)22(26)15-20)13-12-29(4)24(32)16-27-19(6-2)14-18-7-10-23(31)28-17(18)3/h6-10,14-15,27H,3,5,11-13,16H2,1-2,4H3,(H,28,31)/b18-14-,19-6+. The largest absolute Gasteiger partial charge is 0.376 e. The molecule has 0 aliphatic heterocycles. The van der Waals surface area contributed by atoms with Gasteiger partial charge in [0.25, 0.3) is 0 Å². The van der Waals surface area contributed by atoms with Gasteiger partial charge in [-0.2, -0.15) is 0 Å². The van der Waals surface area contributed by atoms with E-state index in [2.05, 4.69) is 16.9 Å². The van der Waals surface area contributed by atoms with Crippen LogP contribution in [0.2, 0.25) is 5.02 Å². The normalized spacial score (nSPS) is 12.0. The van der Waals surface area contributed by atoms with Gasteiger partial charge < -0.3 is 20.1 Å². The van der Waals surface area contributed by atoms with E-state index < -0.39 is 5.82 Å². The first-order valence-electron chi connectivity index (χ1n) is 10.5. The molecule has 1 aromatic heterocycles. The van der Waals surface area contributed by atoms with Crippen LogP contribution in [0.3, 0.4) is 0 Å². The molecule has 1 aromatic carbocycles. The van der Waals surface area contributed by atoms with Crippen LogP contribution in [-0.2, 0) is 4.79 Å². The fourth-order valence-electron chi connectivity index (χ4n) is 3.10. The third-order valence-electron chi connectivity index (χ3n) is 5.00. The Bertz CT molecular complexity index is 1130. The van der Waals surface area contributed by atoms with Gasteiger partial charge in [0.2, 0.25) is 11.5 Å². The lowest BCUT2D eigenvalue weighted by Crippen LogP contribution is -2.40. The number of halogens is 2.